The van der Waals surface area contributed by atoms with Gasteiger partial charge in [0.15, 0.2) is 17.5 Å². The van der Waals surface area contributed by atoms with E-state index in [-0.39, 0.29) is 161 Å². The summed E-state index contributed by atoms with van der Waals surface area (Å²) in [6, 6.07) is 36.0. The number of benzene rings is 3. The second-order valence-electron chi connectivity index (χ2n) is 40.2. The number of rotatable bonds is 29. The minimum absolute atomic E-state index is 0. The summed E-state index contributed by atoms with van der Waals surface area (Å²) in [5.74, 6) is -0.627. The second-order valence-corrected chi connectivity index (χ2v) is 62.2. The summed E-state index contributed by atoms with van der Waals surface area (Å²) in [7, 11) is -16.4. The lowest BCUT2D eigenvalue weighted by Crippen LogP contribution is -2.41. The predicted molar refractivity (Wildman–Crippen MR) is 503 cm³/mol. The molecule has 0 spiro atoms. The standard InChI is InChI=1S/2C30H38F3N5O4SSi.C21H18ClF3N4O4S.C9H21NSi.ClH/c2*1-28(2)19-22(44(3,4)5)20-37(28)26-23(27(39)36-43(40,41)21-9-7-6-8-10-21)11-12-24(34-26)38-17-13-25(35-38)42-18-16-29(14-15-29)30(31,32)33;22-18-15(19(30)28-34(31,32)14-4-2-1-3-5-14)6-7-16(26-18)29-12-8-17(27-29)33-13-11-20(9-10-20)21(23,24)25;1-9(2)6-8(7-10-9)11(3,4)5;/h2*6-13,17,22H,14-16,18-20H2,1-5H3,(H,36,39);1-8,12H,9-11,13H2,(H,28,30);8,10H,6-7H2,1-5H3;1H. The topological polar surface area (TPSA) is 328 Å². The summed E-state index contributed by atoms with van der Waals surface area (Å²) >= 11 is 6.09. The normalized spacial score (nSPS) is 19.2. The molecule has 9 heterocycles. The molecule has 6 aliphatic rings. The number of carbonyl (C=O) groups excluding carboxylic acids is 3. The summed E-state index contributed by atoms with van der Waals surface area (Å²) in [5, 5.41) is 16.1. The number of aromatic nitrogens is 9. The van der Waals surface area contributed by atoms with Gasteiger partial charge in [-0.2, -0.15) is 39.5 Å². The summed E-state index contributed by atoms with van der Waals surface area (Å²) in [6.07, 6.45) is -4.74. The third kappa shape index (κ3) is 25.3. The number of anilines is 2. The van der Waals surface area contributed by atoms with E-state index in [1.54, 1.807) is 79.1 Å². The molecule has 730 valence electrons. The van der Waals surface area contributed by atoms with Crippen LogP contribution in [0.15, 0.2) is 179 Å². The Kier molecular flexibility index (Phi) is 31.0. The Morgan fingerprint density at radius 2 is 0.701 bits per heavy atom. The monoisotopic (exact) mass is 2020 g/mol. The summed E-state index contributed by atoms with van der Waals surface area (Å²) < 4.78 is 222. The Balaban J connectivity index is 0.000000183. The fourth-order valence-electron chi connectivity index (χ4n) is 16.4. The van der Waals surface area contributed by atoms with Crippen molar-refractivity contribution in [2.45, 2.75) is 244 Å². The molecule has 6 aromatic heterocycles. The SMILES string of the molecule is CC1(C)CC([Si](C)(C)C)CN1.CC1(C)CC([Si](C)(C)C)CN1c1nc(-n2ccc(OCCC3(C(F)(F)F)CC3)n2)ccc1C(=O)NS(=O)(=O)c1ccccc1.CC1(C)CC([Si](C)(C)C)CN1c1nc(-n2ccc(OCCC3(C(F)(F)F)CC3)n2)ccc1C(=O)NS(=O)(=O)c1ccccc1.Cl.O=C(NS(=O)(=O)c1ccccc1)c1ccc(-n2ccc(OCCC3(C(F)(F)F)CC3)n2)nc1Cl. The Labute approximate surface area is 790 Å². The van der Waals surface area contributed by atoms with Crippen molar-refractivity contribution < 1.29 is 93.4 Å². The predicted octanol–water partition coefficient (Wildman–Crippen LogP) is 19.4. The van der Waals surface area contributed by atoms with Gasteiger partial charge in [-0.3, -0.25) is 14.4 Å². The number of hydrogen-bond donors (Lipinski definition) is 4. The van der Waals surface area contributed by atoms with Gasteiger partial charge < -0.3 is 29.3 Å². The fourth-order valence-corrected chi connectivity index (χ4v) is 25.1. The van der Waals surface area contributed by atoms with Crippen LogP contribution in [0.25, 0.3) is 17.5 Å². The average molecular weight is 2020 g/mol. The molecule has 3 saturated heterocycles. The summed E-state index contributed by atoms with van der Waals surface area (Å²) in [4.78, 5) is 57.2. The molecular weight excluding hydrogens is 1910 g/mol. The minimum atomic E-state index is -4.25. The van der Waals surface area contributed by atoms with Crippen LogP contribution in [0.2, 0.25) is 80.7 Å². The number of ether oxygens (including phenoxy) is 3. The maximum atomic E-state index is 13.6. The number of halogens is 11. The van der Waals surface area contributed by atoms with Gasteiger partial charge in [-0.05, 0) is 215 Å². The molecule has 3 atom stereocenters. The first-order valence-electron chi connectivity index (χ1n) is 43.8. The smallest absolute Gasteiger partial charge is 0.394 e. The number of alkyl halides is 9. The van der Waals surface area contributed by atoms with E-state index in [4.69, 9.17) is 35.8 Å². The van der Waals surface area contributed by atoms with Crippen LogP contribution in [-0.2, 0) is 30.1 Å². The first-order chi connectivity index (χ1) is 61.7. The molecule has 6 fully saturated rings. The van der Waals surface area contributed by atoms with E-state index in [0.29, 0.717) is 53.0 Å². The van der Waals surface area contributed by atoms with Gasteiger partial charge in [0, 0.05) is 90.7 Å². The van der Waals surface area contributed by atoms with Crippen LogP contribution in [0.4, 0.5) is 51.1 Å². The largest absolute Gasteiger partial charge is 0.477 e. The third-order valence-corrected chi connectivity index (χ3v) is 38.8. The molecular formula is C90H116Cl2F9N15O12S3Si3. The van der Waals surface area contributed by atoms with Crippen molar-refractivity contribution in [3.05, 3.63) is 186 Å². The first kappa shape index (κ1) is 105. The van der Waals surface area contributed by atoms with Crippen molar-refractivity contribution in [1.29, 1.82) is 0 Å². The first-order valence-corrected chi connectivity index (χ1v) is 59.3. The maximum Gasteiger partial charge on any atom is 0.394 e. The van der Waals surface area contributed by atoms with Gasteiger partial charge in [-0.15, -0.1) is 27.7 Å². The molecule has 3 aliphatic carbocycles. The Morgan fingerprint density at radius 1 is 0.418 bits per heavy atom. The van der Waals surface area contributed by atoms with Crippen molar-refractivity contribution >= 4 is 108 Å². The van der Waals surface area contributed by atoms with Crippen molar-refractivity contribution in [2.24, 2.45) is 16.2 Å². The molecule has 0 radical (unpaired) electrons. The van der Waals surface area contributed by atoms with E-state index in [9.17, 15) is 79.2 Å². The van der Waals surface area contributed by atoms with Crippen LogP contribution in [0.5, 0.6) is 17.6 Å². The molecule has 15 rings (SSSR count). The van der Waals surface area contributed by atoms with Gasteiger partial charge in [0.25, 0.3) is 47.8 Å². The Morgan fingerprint density at radius 3 is 0.948 bits per heavy atom. The van der Waals surface area contributed by atoms with Crippen molar-refractivity contribution in [3.63, 3.8) is 0 Å². The van der Waals surface area contributed by atoms with Crippen LogP contribution in [0.3, 0.4) is 0 Å². The van der Waals surface area contributed by atoms with Crippen LogP contribution in [0, 0.1) is 16.2 Å². The molecule has 3 unspecified atom stereocenters. The molecule has 3 aliphatic heterocycles. The van der Waals surface area contributed by atoms with Crippen molar-refractivity contribution in [1.82, 2.24) is 63.8 Å². The maximum absolute atomic E-state index is 13.6. The third-order valence-electron chi connectivity index (χ3n) is 25.9. The van der Waals surface area contributed by atoms with Crippen LogP contribution < -0.4 is 43.5 Å². The van der Waals surface area contributed by atoms with Crippen LogP contribution in [0.1, 0.15) is 150 Å². The number of pyridine rings is 3. The number of carbonyl (C=O) groups is 3. The van der Waals surface area contributed by atoms with E-state index in [0.717, 1.165) is 18.4 Å². The van der Waals surface area contributed by atoms with Gasteiger partial charge in [0.1, 0.15) is 16.8 Å². The highest BCUT2D eigenvalue weighted by molar-refractivity contribution is 7.90. The molecule has 134 heavy (non-hydrogen) atoms. The lowest BCUT2D eigenvalue weighted by atomic mass is 10.0. The van der Waals surface area contributed by atoms with E-state index in [1.807, 2.05) is 4.72 Å². The highest BCUT2D eigenvalue weighted by Crippen LogP contribution is 2.62. The van der Waals surface area contributed by atoms with Crippen molar-refractivity contribution in [2.75, 3.05) is 49.3 Å². The zero-order chi connectivity index (χ0) is 97.5. The molecule has 44 heteroatoms. The second kappa shape index (κ2) is 39.6. The molecule has 4 N–H and O–H groups in total. The lowest BCUT2D eigenvalue weighted by Gasteiger charge is -2.34. The van der Waals surface area contributed by atoms with E-state index < -0.39 is 107 Å². The zero-order valence-corrected chi connectivity index (χ0v) is 84.3. The Hall–Kier alpha value is -9.44. The van der Waals surface area contributed by atoms with E-state index in [2.05, 4.69) is 145 Å². The quantitative estimate of drug-likeness (QED) is 0.0192. The molecule has 3 amide bonds. The number of nitrogens with zero attached hydrogens (tertiary/aromatic N) is 11. The zero-order valence-electron chi connectivity index (χ0n) is 77.3. The molecule has 27 nitrogen and oxygen atoms in total. The van der Waals surface area contributed by atoms with Crippen molar-refractivity contribution in [3.8, 4) is 35.1 Å². The van der Waals surface area contributed by atoms with E-state index >= 15 is 0 Å². The van der Waals surface area contributed by atoms with Gasteiger partial charge >= 0.3 is 18.5 Å². The fraction of sp³-hybridized carbons (Fsp3) is 0.500. The average Bonchev–Trinajstić information content (AvgIpc) is 1.61. The van der Waals surface area contributed by atoms with E-state index in [1.165, 1.54) is 112 Å². The minimum Gasteiger partial charge on any atom is -0.477 e. The highest BCUT2D eigenvalue weighted by atomic mass is 35.5. The lowest BCUT2D eigenvalue weighted by molar-refractivity contribution is -0.190. The van der Waals surface area contributed by atoms with Gasteiger partial charge in [0.2, 0.25) is 17.6 Å². The number of hydrogen-bond acceptors (Lipinski definition) is 21. The molecule has 3 saturated carbocycles. The number of nitrogens with one attached hydrogen (secondary N) is 4. The number of amides is 3. The molecule has 9 aromatic rings. The van der Waals surface area contributed by atoms with Crippen LogP contribution in [-0.4, -0.2) is 186 Å². The Bertz CT molecular complexity index is 5790. The molecule has 3 aromatic carbocycles. The number of sulfonamides is 3. The summed E-state index contributed by atoms with van der Waals surface area (Å²) in [5.41, 5.74) is -3.50. The summed E-state index contributed by atoms with van der Waals surface area (Å²) in [6.45, 7) is 36.3. The molecule has 0 bridgehead atoms. The van der Waals surface area contributed by atoms with Gasteiger partial charge in [0.05, 0.1) is 67.4 Å². The van der Waals surface area contributed by atoms with Crippen LogP contribution >= 0.6 is 24.0 Å². The van der Waals surface area contributed by atoms with Gasteiger partial charge in [-0.25, -0.2) is 68.4 Å². The van der Waals surface area contributed by atoms with Gasteiger partial charge in [-0.1, -0.05) is 125 Å². The highest BCUT2D eigenvalue weighted by Gasteiger charge is 2.65.